The van der Waals surface area contributed by atoms with Gasteiger partial charge in [-0.1, -0.05) is 0 Å². The molecule has 1 aromatic carbocycles. The van der Waals surface area contributed by atoms with E-state index in [9.17, 15) is 14.4 Å². The lowest BCUT2D eigenvalue weighted by Crippen LogP contribution is -2.40. The first kappa shape index (κ1) is 19.3. The summed E-state index contributed by atoms with van der Waals surface area (Å²) >= 11 is 0. The number of hydrogen-bond acceptors (Lipinski definition) is 6. The van der Waals surface area contributed by atoms with E-state index in [4.69, 9.17) is 4.74 Å². The zero-order valence-electron chi connectivity index (χ0n) is 15.9. The van der Waals surface area contributed by atoms with Gasteiger partial charge in [0.2, 0.25) is 5.91 Å². The van der Waals surface area contributed by atoms with Crippen molar-refractivity contribution in [2.75, 3.05) is 19.0 Å². The van der Waals surface area contributed by atoms with Gasteiger partial charge >= 0.3 is 0 Å². The van der Waals surface area contributed by atoms with Gasteiger partial charge in [0.15, 0.2) is 0 Å². The van der Waals surface area contributed by atoms with Crippen LogP contribution in [0.1, 0.15) is 29.0 Å². The Morgan fingerprint density at radius 1 is 1.18 bits per heavy atom. The summed E-state index contributed by atoms with van der Waals surface area (Å²) in [5.74, 6) is -0.441. The normalized spacial score (nSPS) is 13.9. The van der Waals surface area contributed by atoms with Crippen molar-refractivity contribution < 1.29 is 19.1 Å². The first-order chi connectivity index (χ1) is 13.4. The predicted octanol–water partition coefficient (Wildman–Crippen LogP) is 1.77. The number of aromatic nitrogens is 2. The SMILES string of the molecule is COc1ccc(NC(=O)C2=NN(CC(=O)n3nc(C)cc3C)C(=O)CC2)cc1. The molecule has 9 heteroatoms. The van der Waals surface area contributed by atoms with E-state index in [0.29, 0.717) is 22.8 Å². The lowest BCUT2D eigenvalue weighted by molar-refractivity contribution is -0.131. The number of hydrogen-bond donors (Lipinski definition) is 1. The van der Waals surface area contributed by atoms with E-state index in [1.165, 1.54) is 4.68 Å². The van der Waals surface area contributed by atoms with E-state index in [1.54, 1.807) is 51.3 Å². The zero-order chi connectivity index (χ0) is 20.3. The highest BCUT2D eigenvalue weighted by Gasteiger charge is 2.27. The number of nitrogens with one attached hydrogen (secondary N) is 1. The fourth-order valence-electron chi connectivity index (χ4n) is 2.84. The van der Waals surface area contributed by atoms with E-state index in [1.807, 2.05) is 0 Å². The fourth-order valence-corrected chi connectivity index (χ4v) is 2.84. The minimum atomic E-state index is -0.416. The second kappa shape index (κ2) is 8.03. The molecule has 9 nitrogen and oxygen atoms in total. The lowest BCUT2D eigenvalue weighted by Gasteiger charge is -2.22. The molecule has 1 aliphatic rings. The number of anilines is 1. The van der Waals surface area contributed by atoms with Crippen LogP contribution in [0.5, 0.6) is 5.75 Å². The van der Waals surface area contributed by atoms with Crippen molar-refractivity contribution in [2.45, 2.75) is 26.7 Å². The zero-order valence-corrected chi connectivity index (χ0v) is 15.9. The Labute approximate surface area is 162 Å². The van der Waals surface area contributed by atoms with Crippen LogP contribution in [0.25, 0.3) is 0 Å². The summed E-state index contributed by atoms with van der Waals surface area (Å²) in [4.78, 5) is 37.1. The van der Waals surface area contributed by atoms with E-state index < -0.39 is 5.91 Å². The quantitative estimate of drug-likeness (QED) is 0.847. The second-order valence-corrected chi connectivity index (χ2v) is 6.41. The highest BCUT2D eigenvalue weighted by Crippen LogP contribution is 2.16. The Morgan fingerprint density at radius 3 is 2.50 bits per heavy atom. The maximum absolute atomic E-state index is 12.5. The molecule has 0 saturated carbocycles. The van der Waals surface area contributed by atoms with Crippen LogP contribution in [0, 0.1) is 13.8 Å². The molecule has 2 amide bonds. The highest BCUT2D eigenvalue weighted by atomic mass is 16.5. The number of ether oxygens (including phenoxy) is 1. The molecule has 0 bridgehead atoms. The minimum absolute atomic E-state index is 0.110. The van der Waals surface area contributed by atoms with E-state index in [2.05, 4.69) is 15.5 Å². The van der Waals surface area contributed by atoms with Crippen molar-refractivity contribution in [2.24, 2.45) is 5.10 Å². The molecule has 0 aliphatic carbocycles. The van der Waals surface area contributed by atoms with Gasteiger partial charge < -0.3 is 10.1 Å². The van der Waals surface area contributed by atoms with Gasteiger partial charge in [-0.3, -0.25) is 14.4 Å². The van der Waals surface area contributed by atoms with Gasteiger partial charge in [0.05, 0.1) is 12.8 Å². The summed E-state index contributed by atoms with van der Waals surface area (Å²) in [6.45, 7) is 3.26. The molecule has 0 radical (unpaired) electrons. The number of rotatable bonds is 5. The Kier molecular flexibility index (Phi) is 5.53. The standard InChI is InChI=1S/C19H21N5O4/c1-12-10-13(2)24(21-12)18(26)11-23-17(25)9-8-16(22-23)19(27)20-14-4-6-15(28-3)7-5-14/h4-7,10H,8-9,11H2,1-3H3,(H,20,27). The molecular formula is C19H21N5O4. The summed E-state index contributed by atoms with van der Waals surface area (Å²) in [7, 11) is 1.56. The Morgan fingerprint density at radius 2 is 1.89 bits per heavy atom. The van der Waals surface area contributed by atoms with Crippen LogP contribution in [-0.2, 0) is 9.59 Å². The molecule has 0 fully saturated rings. The van der Waals surface area contributed by atoms with E-state index in [-0.39, 0.29) is 36.9 Å². The maximum atomic E-state index is 12.5. The van der Waals surface area contributed by atoms with Gasteiger partial charge in [-0.15, -0.1) is 0 Å². The van der Waals surface area contributed by atoms with Crippen LogP contribution in [-0.4, -0.2) is 51.9 Å². The molecule has 1 aromatic heterocycles. The molecule has 0 atom stereocenters. The summed E-state index contributed by atoms with van der Waals surface area (Å²) in [6.07, 6.45) is 0.324. The van der Waals surface area contributed by atoms with E-state index in [0.717, 1.165) is 5.01 Å². The molecule has 0 unspecified atom stereocenters. The monoisotopic (exact) mass is 383 g/mol. The summed E-state index contributed by atoms with van der Waals surface area (Å²) in [5.41, 5.74) is 2.15. The fraction of sp³-hybridized carbons (Fsp3) is 0.316. The van der Waals surface area contributed by atoms with Crippen molar-refractivity contribution in [1.29, 1.82) is 0 Å². The number of hydrazone groups is 1. The average molecular weight is 383 g/mol. The van der Waals surface area contributed by atoms with Gasteiger partial charge in [-0.25, -0.2) is 9.69 Å². The molecule has 1 aliphatic heterocycles. The topological polar surface area (TPSA) is 106 Å². The molecule has 146 valence electrons. The average Bonchev–Trinajstić information content (AvgIpc) is 3.02. The lowest BCUT2D eigenvalue weighted by atomic mass is 10.1. The van der Waals surface area contributed by atoms with Gasteiger partial charge in [0, 0.05) is 24.2 Å². The minimum Gasteiger partial charge on any atom is -0.497 e. The third kappa shape index (κ3) is 4.25. The summed E-state index contributed by atoms with van der Waals surface area (Å²) in [6, 6.07) is 8.63. The molecule has 3 rings (SSSR count). The van der Waals surface area contributed by atoms with Crippen LogP contribution in [0.15, 0.2) is 35.4 Å². The van der Waals surface area contributed by atoms with Gasteiger partial charge in [0.1, 0.15) is 18.0 Å². The summed E-state index contributed by atoms with van der Waals surface area (Å²) in [5, 5.41) is 12.0. The first-order valence-electron chi connectivity index (χ1n) is 8.77. The molecule has 0 spiro atoms. The maximum Gasteiger partial charge on any atom is 0.271 e. The van der Waals surface area contributed by atoms with Crippen molar-refractivity contribution in [1.82, 2.24) is 14.8 Å². The number of carbonyl (C=O) groups is 3. The molecule has 0 saturated heterocycles. The van der Waals surface area contributed by atoms with Crippen molar-refractivity contribution >= 4 is 29.1 Å². The van der Waals surface area contributed by atoms with Crippen LogP contribution >= 0.6 is 0 Å². The predicted molar refractivity (Wildman–Crippen MR) is 102 cm³/mol. The van der Waals surface area contributed by atoms with Crippen LogP contribution < -0.4 is 10.1 Å². The van der Waals surface area contributed by atoms with Gasteiger partial charge in [-0.2, -0.15) is 10.2 Å². The third-order valence-electron chi connectivity index (χ3n) is 4.25. The third-order valence-corrected chi connectivity index (χ3v) is 4.25. The number of amides is 2. The number of nitrogens with zero attached hydrogens (tertiary/aromatic N) is 4. The smallest absolute Gasteiger partial charge is 0.271 e. The first-order valence-corrected chi connectivity index (χ1v) is 8.77. The van der Waals surface area contributed by atoms with Gasteiger partial charge in [0.25, 0.3) is 11.8 Å². The van der Waals surface area contributed by atoms with Crippen LogP contribution in [0.2, 0.25) is 0 Å². The van der Waals surface area contributed by atoms with Crippen molar-refractivity contribution in [3.05, 3.63) is 41.7 Å². The Hall–Kier alpha value is -3.49. The number of methoxy groups -OCH3 is 1. The number of aryl methyl sites for hydroxylation is 2. The Bertz CT molecular complexity index is 946. The molecule has 2 aromatic rings. The summed E-state index contributed by atoms with van der Waals surface area (Å²) < 4.78 is 6.32. The largest absolute Gasteiger partial charge is 0.497 e. The van der Waals surface area contributed by atoms with E-state index >= 15 is 0 Å². The molecule has 1 N–H and O–H groups in total. The molecule has 2 heterocycles. The highest BCUT2D eigenvalue weighted by molar-refractivity contribution is 6.43. The molecule has 28 heavy (non-hydrogen) atoms. The Balaban J connectivity index is 1.71. The van der Waals surface area contributed by atoms with Crippen LogP contribution in [0.4, 0.5) is 5.69 Å². The van der Waals surface area contributed by atoms with Crippen LogP contribution in [0.3, 0.4) is 0 Å². The second-order valence-electron chi connectivity index (χ2n) is 6.41. The number of benzene rings is 1. The van der Waals surface area contributed by atoms with Crippen molar-refractivity contribution in [3.63, 3.8) is 0 Å². The van der Waals surface area contributed by atoms with Gasteiger partial charge in [-0.05, 0) is 44.2 Å². The van der Waals surface area contributed by atoms with Crippen molar-refractivity contribution in [3.8, 4) is 5.75 Å². The number of carbonyl (C=O) groups excluding carboxylic acids is 3. The molecular weight excluding hydrogens is 362 g/mol.